The minimum absolute atomic E-state index is 0.159. The van der Waals surface area contributed by atoms with Gasteiger partial charge in [-0.15, -0.1) is 0 Å². The van der Waals surface area contributed by atoms with Gasteiger partial charge in [-0.3, -0.25) is 4.79 Å². The number of benzene rings is 3. The molecule has 0 aromatic heterocycles. The quantitative estimate of drug-likeness (QED) is 0.233. The zero-order chi connectivity index (χ0) is 23.4. The lowest BCUT2D eigenvalue weighted by Gasteiger charge is -2.15. The molecule has 0 spiro atoms. The number of anilines is 1. The van der Waals surface area contributed by atoms with E-state index in [9.17, 15) is 4.79 Å². The number of halogens is 2. The molecule has 33 heavy (non-hydrogen) atoms. The molecule has 1 aliphatic heterocycles. The highest BCUT2D eigenvalue weighted by molar-refractivity contribution is 14.1. The molecule has 168 valence electrons. The molecule has 7 heteroatoms. The van der Waals surface area contributed by atoms with Crippen LogP contribution in [0.15, 0.2) is 77.4 Å². The van der Waals surface area contributed by atoms with Gasteiger partial charge in [0, 0.05) is 5.02 Å². The Hall–Kier alpha value is -2.84. The Balaban J connectivity index is 1.61. The molecule has 3 aromatic rings. The number of hydrazone groups is 1. The second-order valence-electron chi connectivity index (χ2n) is 7.38. The van der Waals surface area contributed by atoms with Gasteiger partial charge in [0.15, 0.2) is 11.5 Å². The number of hydrogen-bond acceptors (Lipinski definition) is 4. The van der Waals surface area contributed by atoms with Gasteiger partial charge in [-0.2, -0.15) is 10.1 Å². The second kappa shape index (κ2) is 10.4. The van der Waals surface area contributed by atoms with E-state index < -0.39 is 0 Å². The fourth-order valence-corrected chi connectivity index (χ4v) is 4.45. The van der Waals surface area contributed by atoms with Crippen molar-refractivity contribution in [2.75, 3.05) is 11.6 Å². The Morgan fingerprint density at radius 1 is 1.06 bits per heavy atom. The zero-order valence-electron chi connectivity index (χ0n) is 18.2. The maximum atomic E-state index is 13.0. The minimum Gasteiger partial charge on any atom is -0.490 e. The first kappa shape index (κ1) is 23.3. The lowest BCUT2D eigenvalue weighted by Crippen LogP contribution is -2.21. The summed E-state index contributed by atoms with van der Waals surface area (Å²) in [7, 11) is 0. The number of para-hydroxylation sites is 1. The van der Waals surface area contributed by atoms with E-state index in [1.165, 1.54) is 5.01 Å². The predicted octanol–water partition coefficient (Wildman–Crippen LogP) is 6.73. The van der Waals surface area contributed by atoms with Crippen molar-refractivity contribution in [1.82, 2.24) is 0 Å². The van der Waals surface area contributed by atoms with Crippen LogP contribution in [-0.2, 0) is 11.4 Å². The van der Waals surface area contributed by atoms with Gasteiger partial charge in [-0.05, 0) is 90.0 Å². The smallest absolute Gasteiger partial charge is 0.280 e. The third-order valence-corrected chi connectivity index (χ3v) is 6.01. The van der Waals surface area contributed by atoms with E-state index in [0.29, 0.717) is 41.0 Å². The first-order valence-corrected chi connectivity index (χ1v) is 11.9. The van der Waals surface area contributed by atoms with Gasteiger partial charge in [-0.1, -0.05) is 41.9 Å². The van der Waals surface area contributed by atoms with E-state index >= 15 is 0 Å². The molecule has 1 aliphatic rings. The Labute approximate surface area is 211 Å². The molecule has 0 aliphatic carbocycles. The lowest BCUT2D eigenvalue weighted by atomic mass is 10.1. The summed E-state index contributed by atoms with van der Waals surface area (Å²) in [6, 6.07) is 20.8. The maximum absolute atomic E-state index is 13.0. The number of hydrogen-bond donors (Lipinski definition) is 0. The van der Waals surface area contributed by atoms with E-state index in [0.717, 1.165) is 20.4 Å². The van der Waals surface area contributed by atoms with Gasteiger partial charge in [-0.25, -0.2) is 0 Å². The van der Waals surface area contributed by atoms with E-state index in [2.05, 4.69) is 27.7 Å². The maximum Gasteiger partial charge on any atom is 0.280 e. The van der Waals surface area contributed by atoms with Crippen molar-refractivity contribution in [3.63, 3.8) is 0 Å². The van der Waals surface area contributed by atoms with E-state index in [1.54, 1.807) is 0 Å². The number of amides is 1. The van der Waals surface area contributed by atoms with Gasteiger partial charge in [0.25, 0.3) is 5.91 Å². The van der Waals surface area contributed by atoms with Crippen LogP contribution >= 0.6 is 34.2 Å². The van der Waals surface area contributed by atoms with Crippen molar-refractivity contribution in [3.05, 3.63) is 92.0 Å². The van der Waals surface area contributed by atoms with Gasteiger partial charge in [0.2, 0.25) is 0 Å². The van der Waals surface area contributed by atoms with Crippen molar-refractivity contribution in [1.29, 1.82) is 0 Å². The van der Waals surface area contributed by atoms with E-state index in [-0.39, 0.29) is 5.91 Å². The summed E-state index contributed by atoms with van der Waals surface area (Å²) in [5.74, 6) is 1.12. The molecule has 0 bridgehead atoms. The summed E-state index contributed by atoms with van der Waals surface area (Å²) in [6.45, 7) is 4.62. The van der Waals surface area contributed by atoms with Crippen LogP contribution in [0.2, 0.25) is 5.02 Å². The van der Waals surface area contributed by atoms with Crippen LogP contribution in [0, 0.1) is 3.57 Å². The largest absolute Gasteiger partial charge is 0.490 e. The van der Waals surface area contributed by atoms with Crippen molar-refractivity contribution >= 4 is 57.6 Å². The van der Waals surface area contributed by atoms with Crippen LogP contribution in [0.1, 0.15) is 25.0 Å². The van der Waals surface area contributed by atoms with Gasteiger partial charge in [0.1, 0.15) is 6.61 Å². The second-order valence-corrected chi connectivity index (χ2v) is 8.98. The highest BCUT2D eigenvalue weighted by atomic mass is 127. The third-order valence-electron chi connectivity index (χ3n) is 4.98. The van der Waals surface area contributed by atoms with Crippen molar-refractivity contribution in [3.8, 4) is 11.5 Å². The highest BCUT2D eigenvalue weighted by Gasteiger charge is 2.28. The number of nitrogens with zero attached hydrogens (tertiary/aromatic N) is 2. The topological polar surface area (TPSA) is 51.1 Å². The van der Waals surface area contributed by atoms with Crippen LogP contribution in [0.4, 0.5) is 5.69 Å². The molecule has 3 aromatic carbocycles. The predicted molar refractivity (Wildman–Crippen MR) is 141 cm³/mol. The van der Waals surface area contributed by atoms with Crippen LogP contribution in [0.25, 0.3) is 6.08 Å². The average Bonchev–Trinajstić information content (AvgIpc) is 3.08. The number of carbonyl (C=O) groups is 1. The summed E-state index contributed by atoms with van der Waals surface area (Å²) in [6.07, 6.45) is 1.84. The van der Waals surface area contributed by atoms with Crippen LogP contribution in [0.3, 0.4) is 0 Å². The van der Waals surface area contributed by atoms with Crippen LogP contribution in [0.5, 0.6) is 11.5 Å². The fraction of sp³-hybridized carbons (Fsp3) is 0.154. The summed E-state index contributed by atoms with van der Waals surface area (Å²) in [4.78, 5) is 13.0. The van der Waals surface area contributed by atoms with Crippen molar-refractivity contribution in [2.45, 2.75) is 20.5 Å². The Morgan fingerprint density at radius 3 is 2.58 bits per heavy atom. The molecule has 0 saturated heterocycles. The summed E-state index contributed by atoms with van der Waals surface area (Å²) >= 11 is 8.31. The molecule has 5 nitrogen and oxygen atoms in total. The molecule has 0 radical (unpaired) electrons. The van der Waals surface area contributed by atoms with Crippen molar-refractivity contribution < 1.29 is 14.3 Å². The molecule has 1 amide bonds. The number of carbonyl (C=O) groups excluding carboxylic acids is 1. The van der Waals surface area contributed by atoms with Crippen molar-refractivity contribution in [2.24, 2.45) is 5.10 Å². The van der Waals surface area contributed by atoms with Gasteiger partial charge < -0.3 is 9.47 Å². The van der Waals surface area contributed by atoms with Crippen LogP contribution < -0.4 is 14.5 Å². The summed E-state index contributed by atoms with van der Waals surface area (Å²) in [5, 5.41) is 6.55. The van der Waals surface area contributed by atoms with Gasteiger partial charge >= 0.3 is 0 Å². The zero-order valence-corrected chi connectivity index (χ0v) is 21.1. The first-order valence-electron chi connectivity index (χ1n) is 10.5. The van der Waals surface area contributed by atoms with Gasteiger partial charge in [0.05, 0.1) is 27.1 Å². The molecule has 0 fully saturated rings. The van der Waals surface area contributed by atoms with Crippen LogP contribution in [-0.4, -0.2) is 18.2 Å². The normalized spacial score (nSPS) is 14.5. The molecule has 0 N–H and O–H groups in total. The SMILES string of the molecule is CCOc1cc(/C=C2/C(=O)N(c3ccccc3)N=C2C)cc(I)c1OCc1cccc(Cl)c1. The lowest BCUT2D eigenvalue weighted by molar-refractivity contribution is -0.114. The Bertz CT molecular complexity index is 1240. The first-order chi connectivity index (χ1) is 16.0. The summed E-state index contributed by atoms with van der Waals surface area (Å²) in [5.41, 5.74) is 3.75. The molecule has 0 atom stereocenters. The number of ether oxygens (including phenoxy) is 2. The Kier molecular flexibility index (Phi) is 7.35. The molecule has 4 rings (SSSR count). The highest BCUT2D eigenvalue weighted by Crippen LogP contribution is 2.36. The molecule has 1 heterocycles. The minimum atomic E-state index is -0.159. The Morgan fingerprint density at radius 2 is 1.85 bits per heavy atom. The standard InChI is InChI=1S/C26H22ClIN2O3/c1-3-32-24-15-19(14-23(28)25(24)33-16-18-8-7-9-20(27)12-18)13-22-17(2)29-30(26(22)31)21-10-5-4-6-11-21/h4-15H,3,16H2,1-2H3/b22-13+. The average molecular weight is 573 g/mol. The summed E-state index contributed by atoms with van der Waals surface area (Å²) < 4.78 is 12.8. The molecule has 0 saturated carbocycles. The monoisotopic (exact) mass is 572 g/mol. The molecular formula is C26H22ClIN2O3. The molecular weight excluding hydrogens is 551 g/mol. The fourth-order valence-electron chi connectivity index (χ4n) is 3.45. The third kappa shape index (κ3) is 5.39. The molecule has 0 unspecified atom stereocenters. The number of rotatable bonds is 7. The van der Waals surface area contributed by atoms with E-state index in [4.69, 9.17) is 21.1 Å². The van der Waals surface area contributed by atoms with E-state index in [1.807, 2.05) is 86.7 Å².